The van der Waals surface area contributed by atoms with Crippen molar-refractivity contribution in [2.45, 2.75) is 20.0 Å². The molecule has 0 unspecified atom stereocenters. The van der Waals surface area contributed by atoms with Gasteiger partial charge in [0.15, 0.2) is 0 Å². The lowest BCUT2D eigenvalue weighted by atomic mass is 9.87. The van der Waals surface area contributed by atoms with Gasteiger partial charge in [-0.25, -0.2) is 0 Å². The highest BCUT2D eigenvalue weighted by Gasteiger charge is 2.20. The zero-order chi connectivity index (χ0) is 11.4. The van der Waals surface area contributed by atoms with Gasteiger partial charge in [-0.05, 0) is 23.6 Å². The molecular weight excluding hydrogens is 208 g/mol. The van der Waals surface area contributed by atoms with Gasteiger partial charge < -0.3 is 5.11 Å². The predicted molar refractivity (Wildman–Crippen MR) is 64.9 cm³/mol. The molecule has 0 heterocycles. The van der Waals surface area contributed by atoms with Crippen LogP contribution < -0.4 is 0 Å². The molecule has 0 fully saturated rings. The predicted octanol–water partition coefficient (Wildman–Crippen LogP) is 3.83. The third kappa shape index (κ3) is 3.08. The van der Waals surface area contributed by atoms with E-state index in [0.29, 0.717) is 10.9 Å². The summed E-state index contributed by atoms with van der Waals surface area (Å²) < 4.78 is 0. The molecule has 0 amide bonds. The van der Waals surface area contributed by atoms with E-state index in [1.54, 1.807) is 12.1 Å². The SMILES string of the molecule is C=C[C@H](C(C)C)[C@H](O)c1ccc(Cl)cc1. The van der Waals surface area contributed by atoms with Gasteiger partial charge in [0.2, 0.25) is 0 Å². The maximum Gasteiger partial charge on any atom is 0.0854 e. The topological polar surface area (TPSA) is 20.2 Å². The molecule has 0 saturated carbocycles. The minimum Gasteiger partial charge on any atom is -0.388 e. The van der Waals surface area contributed by atoms with Gasteiger partial charge >= 0.3 is 0 Å². The van der Waals surface area contributed by atoms with Crippen LogP contribution in [-0.2, 0) is 0 Å². The van der Waals surface area contributed by atoms with Crippen molar-refractivity contribution in [1.82, 2.24) is 0 Å². The molecule has 1 aromatic carbocycles. The van der Waals surface area contributed by atoms with Crippen molar-refractivity contribution in [1.29, 1.82) is 0 Å². The third-order valence-electron chi connectivity index (χ3n) is 2.62. The van der Waals surface area contributed by atoms with E-state index < -0.39 is 6.10 Å². The van der Waals surface area contributed by atoms with Gasteiger partial charge in [0.25, 0.3) is 0 Å². The van der Waals surface area contributed by atoms with E-state index in [4.69, 9.17) is 11.6 Å². The summed E-state index contributed by atoms with van der Waals surface area (Å²) in [5.74, 6) is 0.444. The summed E-state index contributed by atoms with van der Waals surface area (Å²) in [6.07, 6.45) is 1.31. The van der Waals surface area contributed by atoms with Crippen molar-refractivity contribution >= 4 is 11.6 Å². The lowest BCUT2D eigenvalue weighted by Crippen LogP contribution is -2.15. The van der Waals surface area contributed by atoms with Crippen molar-refractivity contribution < 1.29 is 5.11 Å². The molecule has 0 radical (unpaired) electrons. The zero-order valence-corrected chi connectivity index (χ0v) is 9.91. The van der Waals surface area contributed by atoms with Crippen molar-refractivity contribution in [2.75, 3.05) is 0 Å². The second kappa shape index (κ2) is 5.34. The molecule has 1 aromatic rings. The van der Waals surface area contributed by atoms with Crippen molar-refractivity contribution in [3.05, 3.63) is 47.5 Å². The van der Waals surface area contributed by atoms with Crippen LogP contribution in [0.15, 0.2) is 36.9 Å². The molecule has 1 nitrogen and oxygen atoms in total. The number of hydrogen-bond acceptors (Lipinski definition) is 1. The normalized spacial score (nSPS) is 15.0. The first-order chi connectivity index (χ1) is 7.06. The lowest BCUT2D eigenvalue weighted by Gasteiger charge is -2.23. The Morgan fingerprint density at radius 3 is 2.20 bits per heavy atom. The smallest absolute Gasteiger partial charge is 0.0854 e. The number of hydrogen-bond donors (Lipinski definition) is 1. The summed E-state index contributed by atoms with van der Waals surface area (Å²) in [5.41, 5.74) is 0.887. The highest BCUT2D eigenvalue weighted by molar-refractivity contribution is 6.30. The minimum atomic E-state index is -0.500. The van der Waals surface area contributed by atoms with Crippen LogP contribution in [0, 0.1) is 11.8 Å². The van der Waals surface area contributed by atoms with Crippen molar-refractivity contribution in [3.63, 3.8) is 0 Å². The molecule has 1 rings (SSSR count). The Balaban J connectivity index is 2.87. The van der Waals surface area contributed by atoms with Crippen LogP contribution in [0.1, 0.15) is 25.5 Å². The molecule has 15 heavy (non-hydrogen) atoms. The van der Waals surface area contributed by atoms with Gasteiger partial charge in [0.05, 0.1) is 6.10 Å². The van der Waals surface area contributed by atoms with Gasteiger partial charge in [-0.15, -0.1) is 6.58 Å². The zero-order valence-electron chi connectivity index (χ0n) is 9.15. The molecule has 82 valence electrons. The molecule has 2 heteroatoms. The Morgan fingerprint density at radius 1 is 1.27 bits per heavy atom. The average molecular weight is 225 g/mol. The van der Waals surface area contributed by atoms with Gasteiger partial charge in [0, 0.05) is 10.9 Å². The van der Waals surface area contributed by atoms with E-state index in [-0.39, 0.29) is 5.92 Å². The van der Waals surface area contributed by atoms with Crippen LogP contribution in [0.5, 0.6) is 0 Å². The monoisotopic (exact) mass is 224 g/mol. The Morgan fingerprint density at radius 2 is 1.80 bits per heavy atom. The van der Waals surface area contributed by atoms with E-state index in [0.717, 1.165) is 5.56 Å². The molecule has 0 spiro atoms. The largest absolute Gasteiger partial charge is 0.388 e. The van der Waals surface area contributed by atoms with Gasteiger partial charge in [-0.3, -0.25) is 0 Å². The number of rotatable bonds is 4. The first-order valence-corrected chi connectivity index (χ1v) is 5.50. The minimum absolute atomic E-state index is 0.0752. The fraction of sp³-hybridized carbons (Fsp3) is 0.385. The van der Waals surface area contributed by atoms with Crippen molar-refractivity contribution in [2.24, 2.45) is 11.8 Å². The van der Waals surface area contributed by atoms with Crippen LogP contribution >= 0.6 is 11.6 Å². The fourth-order valence-electron chi connectivity index (χ4n) is 1.65. The molecule has 0 aliphatic carbocycles. The summed E-state index contributed by atoms with van der Waals surface area (Å²) >= 11 is 5.79. The summed E-state index contributed by atoms with van der Waals surface area (Å²) in [7, 11) is 0. The molecule has 1 N–H and O–H groups in total. The molecule has 2 atom stereocenters. The van der Waals surface area contributed by atoms with Gasteiger partial charge in [-0.2, -0.15) is 0 Å². The van der Waals surface area contributed by atoms with Crippen LogP contribution in [0.3, 0.4) is 0 Å². The molecule has 0 bridgehead atoms. The quantitative estimate of drug-likeness (QED) is 0.771. The third-order valence-corrected chi connectivity index (χ3v) is 2.87. The number of halogens is 1. The highest BCUT2D eigenvalue weighted by atomic mass is 35.5. The maximum atomic E-state index is 10.1. The first kappa shape index (κ1) is 12.3. The second-order valence-corrected chi connectivity index (χ2v) is 4.49. The Kier molecular flexibility index (Phi) is 4.37. The van der Waals surface area contributed by atoms with E-state index >= 15 is 0 Å². The summed E-state index contributed by atoms with van der Waals surface area (Å²) in [6.45, 7) is 7.91. The Labute approximate surface area is 96.4 Å². The summed E-state index contributed by atoms with van der Waals surface area (Å²) in [6, 6.07) is 7.29. The van der Waals surface area contributed by atoms with Crippen molar-refractivity contribution in [3.8, 4) is 0 Å². The standard InChI is InChI=1S/C13H17ClO/c1-4-12(9(2)3)13(15)10-5-7-11(14)8-6-10/h4-9,12-13,15H,1H2,2-3H3/t12-,13-/m1/s1. The maximum absolute atomic E-state index is 10.1. The molecule has 0 aliphatic rings. The molecule has 0 aliphatic heterocycles. The van der Waals surface area contributed by atoms with Gasteiger partial charge in [-0.1, -0.05) is 43.7 Å². The van der Waals surface area contributed by atoms with Gasteiger partial charge in [0.1, 0.15) is 0 Å². The Hall–Kier alpha value is -0.790. The fourth-order valence-corrected chi connectivity index (χ4v) is 1.77. The van der Waals surface area contributed by atoms with Crippen LogP contribution in [0.25, 0.3) is 0 Å². The first-order valence-electron chi connectivity index (χ1n) is 5.12. The highest BCUT2D eigenvalue weighted by Crippen LogP contribution is 2.29. The van der Waals surface area contributed by atoms with Crippen LogP contribution in [0.2, 0.25) is 5.02 Å². The van der Waals surface area contributed by atoms with E-state index in [1.807, 2.05) is 18.2 Å². The molecule has 0 aromatic heterocycles. The van der Waals surface area contributed by atoms with Crippen LogP contribution in [0.4, 0.5) is 0 Å². The van der Waals surface area contributed by atoms with E-state index in [1.165, 1.54) is 0 Å². The lowest BCUT2D eigenvalue weighted by molar-refractivity contribution is 0.108. The second-order valence-electron chi connectivity index (χ2n) is 4.05. The number of aliphatic hydroxyl groups excluding tert-OH is 1. The number of aliphatic hydroxyl groups is 1. The van der Waals surface area contributed by atoms with E-state index in [2.05, 4.69) is 20.4 Å². The average Bonchev–Trinajstić information content (AvgIpc) is 2.19. The molecular formula is C13H17ClO. The Bertz CT molecular complexity index is 316. The number of benzene rings is 1. The van der Waals surface area contributed by atoms with Crippen LogP contribution in [-0.4, -0.2) is 5.11 Å². The molecule has 0 saturated heterocycles. The summed E-state index contributed by atoms with van der Waals surface area (Å²) in [4.78, 5) is 0. The summed E-state index contributed by atoms with van der Waals surface area (Å²) in [5, 5.41) is 10.8. The van der Waals surface area contributed by atoms with E-state index in [9.17, 15) is 5.11 Å².